The van der Waals surface area contributed by atoms with Crippen LogP contribution in [0.5, 0.6) is 0 Å². The second-order valence-corrected chi connectivity index (χ2v) is 5.33. The van der Waals surface area contributed by atoms with E-state index in [0.717, 1.165) is 5.01 Å². The summed E-state index contributed by atoms with van der Waals surface area (Å²) >= 11 is 1.34. The quantitative estimate of drug-likeness (QED) is 0.879. The van der Waals surface area contributed by atoms with E-state index in [0.29, 0.717) is 10.7 Å². The Morgan fingerprint density at radius 1 is 1.56 bits per heavy atom. The molecule has 1 aromatic heterocycles. The number of rotatable bonds is 2. The molecule has 1 aliphatic heterocycles. The summed E-state index contributed by atoms with van der Waals surface area (Å²) in [5.74, 6) is -3.21. The van der Waals surface area contributed by atoms with Crippen LogP contribution in [0, 0.1) is 13.8 Å². The maximum Gasteiger partial charge on any atom is 0.262 e. The molecule has 1 fully saturated rings. The van der Waals surface area contributed by atoms with Gasteiger partial charge >= 0.3 is 0 Å². The number of nitrogens with zero attached hydrogens (tertiary/aromatic N) is 1. The Hall–Kier alpha value is -0.790. The van der Waals surface area contributed by atoms with Gasteiger partial charge in [0.15, 0.2) is 0 Å². The first-order valence-corrected chi connectivity index (χ1v) is 6.05. The van der Waals surface area contributed by atoms with E-state index in [4.69, 9.17) is 0 Å². The molecule has 2 heterocycles. The molecule has 1 atom stereocenters. The van der Waals surface area contributed by atoms with Crippen LogP contribution in [0.1, 0.15) is 17.1 Å². The Labute approximate surface area is 114 Å². The van der Waals surface area contributed by atoms with Gasteiger partial charge in [-0.25, -0.2) is 13.8 Å². The zero-order valence-electron chi connectivity index (χ0n) is 9.92. The minimum Gasteiger partial charge on any atom is -0.315 e. The minimum atomic E-state index is -2.79. The fraction of sp³-hybridized carbons (Fsp3) is 0.600. The topological polar surface area (TPSA) is 54.0 Å². The summed E-state index contributed by atoms with van der Waals surface area (Å²) in [6, 6.07) is -0.827. The molecule has 2 N–H and O–H groups in total. The number of aryl methyl sites for hydroxylation is 2. The third-order valence-electron chi connectivity index (χ3n) is 2.57. The first-order chi connectivity index (χ1) is 7.87. The summed E-state index contributed by atoms with van der Waals surface area (Å²) in [6.07, 6.45) is -0.449. The van der Waals surface area contributed by atoms with E-state index in [9.17, 15) is 13.6 Å². The Morgan fingerprint density at radius 2 is 2.22 bits per heavy atom. The molecule has 18 heavy (non-hydrogen) atoms. The van der Waals surface area contributed by atoms with Crippen LogP contribution in [0.4, 0.5) is 13.8 Å². The standard InChI is InChI=1S/C10H13F2N3OS.ClH/c1-5-9(17-6(2)14-5)15-8(16)7-3-10(11,12)4-13-7;/h7,13H,3-4H2,1-2H3,(H,15,16);1H. The number of alkyl halides is 2. The van der Waals surface area contributed by atoms with Crippen molar-refractivity contribution in [3.8, 4) is 0 Å². The van der Waals surface area contributed by atoms with Crippen LogP contribution in [0.25, 0.3) is 0 Å². The smallest absolute Gasteiger partial charge is 0.262 e. The molecule has 4 nitrogen and oxygen atoms in total. The van der Waals surface area contributed by atoms with Crippen LogP contribution >= 0.6 is 23.7 Å². The number of halogens is 3. The fourth-order valence-electron chi connectivity index (χ4n) is 1.75. The molecule has 0 saturated carbocycles. The summed E-state index contributed by atoms with van der Waals surface area (Å²) in [7, 11) is 0. The van der Waals surface area contributed by atoms with E-state index in [2.05, 4.69) is 15.6 Å². The van der Waals surface area contributed by atoms with E-state index in [1.165, 1.54) is 11.3 Å². The number of hydrogen-bond donors (Lipinski definition) is 2. The summed E-state index contributed by atoms with van der Waals surface area (Å²) in [5, 5.41) is 6.61. The number of amides is 1. The summed E-state index contributed by atoms with van der Waals surface area (Å²) in [4.78, 5) is 15.9. The molecular formula is C10H14ClF2N3OS. The Bertz CT molecular complexity index is 452. The highest BCUT2D eigenvalue weighted by Gasteiger charge is 2.42. The van der Waals surface area contributed by atoms with Gasteiger partial charge in [-0.05, 0) is 13.8 Å². The number of carbonyl (C=O) groups excluding carboxylic acids is 1. The highest BCUT2D eigenvalue weighted by Crippen LogP contribution is 2.27. The largest absolute Gasteiger partial charge is 0.315 e. The molecule has 1 amide bonds. The van der Waals surface area contributed by atoms with E-state index in [1.807, 2.05) is 6.92 Å². The summed E-state index contributed by atoms with van der Waals surface area (Å²) in [5.41, 5.74) is 0.714. The van der Waals surface area contributed by atoms with Crippen LogP contribution in [-0.2, 0) is 4.79 Å². The third kappa shape index (κ3) is 3.37. The first kappa shape index (κ1) is 15.3. The molecule has 1 aromatic rings. The lowest BCUT2D eigenvalue weighted by molar-refractivity contribution is -0.118. The van der Waals surface area contributed by atoms with Crippen molar-refractivity contribution in [2.45, 2.75) is 32.2 Å². The summed E-state index contributed by atoms with van der Waals surface area (Å²) < 4.78 is 25.8. The van der Waals surface area contributed by atoms with Crippen molar-refractivity contribution in [1.82, 2.24) is 10.3 Å². The maximum atomic E-state index is 12.9. The zero-order chi connectivity index (χ0) is 12.6. The lowest BCUT2D eigenvalue weighted by Gasteiger charge is -2.10. The van der Waals surface area contributed by atoms with Crippen molar-refractivity contribution in [3.05, 3.63) is 10.7 Å². The molecule has 0 aromatic carbocycles. The van der Waals surface area contributed by atoms with Crippen molar-refractivity contribution < 1.29 is 13.6 Å². The van der Waals surface area contributed by atoms with Gasteiger partial charge in [-0.3, -0.25) is 10.1 Å². The van der Waals surface area contributed by atoms with Crippen molar-refractivity contribution in [3.63, 3.8) is 0 Å². The molecule has 8 heteroatoms. The van der Waals surface area contributed by atoms with Gasteiger partial charge in [0.2, 0.25) is 5.91 Å². The highest BCUT2D eigenvalue weighted by molar-refractivity contribution is 7.16. The van der Waals surface area contributed by atoms with Crippen LogP contribution in [0.2, 0.25) is 0 Å². The molecule has 1 aliphatic rings. The van der Waals surface area contributed by atoms with Gasteiger partial charge in [-0.2, -0.15) is 0 Å². The van der Waals surface area contributed by atoms with Gasteiger partial charge in [0.1, 0.15) is 5.00 Å². The molecule has 0 radical (unpaired) electrons. The van der Waals surface area contributed by atoms with Crippen molar-refractivity contribution in [1.29, 1.82) is 0 Å². The van der Waals surface area contributed by atoms with Gasteiger partial charge in [-0.1, -0.05) is 0 Å². The van der Waals surface area contributed by atoms with Crippen LogP contribution < -0.4 is 10.6 Å². The highest BCUT2D eigenvalue weighted by atomic mass is 35.5. The number of thiazole rings is 1. The van der Waals surface area contributed by atoms with Crippen LogP contribution in [0.15, 0.2) is 0 Å². The number of hydrogen-bond acceptors (Lipinski definition) is 4. The van der Waals surface area contributed by atoms with Gasteiger partial charge in [0.05, 0.1) is 23.3 Å². The Morgan fingerprint density at radius 3 is 2.67 bits per heavy atom. The number of aromatic nitrogens is 1. The monoisotopic (exact) mass is 297 g/mol. The Kier molecular flexibility index (Phi) is 4.63. The van der Waals surface area contributed by atoms with E-state index in [1.54, 1.807) is 6.92 Å². The Balaban J connectivity index is 0.00000162. The predicted octanol–water partition coefficient (Wildman–Crippen LogP) is 2.12. The number of anilines is 1. The first-order valence-electron chi connectivity index (χ1n) is 5.23. The van der Waals surface area contributed by atoms with Crippen molar-refractivity contribution in [2.24, 2.45) is 0 Å². The molecule has 2 rings (SSSR count). The average Bonchev–Trinajstić information content (AvgIpc) is 2.70. The van der Waals surface area contributed by atoms with Crippen LogP contribution in [-0.4, -0.2) is 29.4 Å². The van der Waals surface area contributed by atoms with Crippen LogP contribution in [0.3, 0.4) is 0 Å². The number of carbonyl (C=O) groups is 1. The second-order valence-electron chi connectivity index (χ2n) is 4.13. The predicted molar refractivity (Wildman–Crippen MR) is 68.8 cm³/mol. The van der Waals surface area contributed by atoms with Gasteiger partial charge in [-0.15, -0.1) is 23.7 Å². The molecule has 102 valence electrons. The van der Waals surface area contributed by atoms with E-state index >= 15 is 0 Å². The fourth-order valence-corrected chi connectivity index (χ4v) is 2.57. The third-order valence-corrected chi connectivity index (χ3v) is 3.55. The van der Waals surface area contributed by atoms with Crippen molar-refractivity contribution >= 4 is 34.7 Å². The van der Waals surface area contributed by atoms with E-state index in [-0.39, 0.29) is 12.4 Å². The zero-order valence-corrected chi connectivity index (χ0v) is 11.6. The van der Waals surface area contributed by atoms with Gasteiger partial charge in [0, 0.05) is 6.42 Å². The molecule has 0 aliphatic carbocycles. The molecule has 1 unspecified atom stereocenters. The number of nitrogens with one attached hydrogen (secondary N) is 2. The van der Waals surface area contributed by atoms with Gasteiger partial charge < -0.3 is 5.32 Å². The second kappa shape index (κ2) is 5.46. The lowest BCUT2D eigenvalue weighted by Crippen LogP contribution is -2.35. The normalized spacial score (nSPS) is 21.4. The molecule has 1 saturated heterocycles. The minimum absolute atomic E-state index is 0. The lowest BCUT2D eigenvalue weighted by atomic mass is 10.2. The maximum absolute atomic E-state index is 12.9. The molecular weight excluding hydrogens is 284 g/mol. The van der Waals surface area contributed by atoms with Crippen molar-refractivity contribution in [2.75, 3.05) is 11.9 Å². The van der Waals surface area contributed by atoms with Gasteiger partial charge in [0.25, 0.3) is 5.92 Å². The SMILES string of the molecule is Cc1nc(C)c(NC(=O)C2CC(F)(F)CN2)s1.Cl. The molecule has 0 bridgehead atoms. The molecule has 0 spiro atoms. The average molecular weight is 298 g/mol. The summed E-state index contributed by atoms with van der Waals surface area (Å²) in [6.45, 7) is 3.16. The van der Waals surface area contributed by atoms with E-state index < -0.39 is 30.8 Å².